The van der Waals surface area contributed by atoms with Gasteiger partial charge in [0.1, 0.15) is 17.6 Å². The average Bonchev–Trinajstić information content (AvgIpc) is 2.85. The van der Waals surface area contributed by atoms with Crippen LogP contribution in [0.25, 0.3) is 0 Å². The maximum atomic E-state index is 5.55. The molecule has 1 heterocycles. The summed E-state index contributed by atoms with van der Waals surface area (Å²) in [6, 6.07) is 7.70. The van der Waals surface area contributed by atoms with Crippen LogP contribution in [0.3, 0.4) is 0 Å². The Bertz CT molecular complexity index is 373. The topological polar surface area (TPSA) is 56.5 Å². The van der Waals surface area contributed by atoms with Gasteiger partial charge in [-0.1, -0.05) is 12.1 Å². The van der Waals surface area contributed by atoms with Gasteiger partial charge in [0.05, 0.1) is 13.7 Å². The molecule has 1 aromatic rings. The van der Waals surface area contributed by atoms with E-state index in [0.717, 1.165) is 30.1 Å². The summed E-state index contributed by atoms with van der Waals surface area (Å²) in [6.45, 7) is 0.740. The Morgan fingerprint density at radius 3 is 2.62 bits per heavy atom. The predicted octanol–water partition coefficient (Wildman–Crippen LogP) is 1.50. The third kappa shape index (κ3) is 2.18. The number of rotatable bonds is 4. The van der Waals surface area contributed by atoms with Crippen molar-refractivity contribution in [2.75, 3.05) is 13.7 Å². The molecule has 0 radical (unpaired) electrons. The Morgan fingerprint density at radius 2 is 2.12 bits per heavy atom. The maximum absolute atomic E-state index is 5.55. The van der Waals surface area contributed by atoms with Gasteiger partial charge in [-0.3, -0.25) is 5.84 Å². The van der Waals surface area contributed by atoms with Crippen molar-refractivity contribution in [1.82, 2.24) is 5.43 Å². The molecule has 0 saturated heterocycles. The number of nitrogens with two attached hydrogens (primary N) is 1. The van der Waals surface area contributed by atoms with Crippen LogP contribution in [0, 0.1) is 0 Å². The molecule has 2 rings (SSSR count). The van der Waals surface area contributed by atoms with E-state index in [1.807, 2.05) is 24.3 Å². The highest BCUT2D eigenvalue weighted by atomic mass is 16.5. The molecule has 1 aromatic carbocycles. The van der Waals surface area contributed by atoms with Gasteiger partial charge < -0.3 is 9.47 Å². The smallest absolute Gasteiger partial charge is 0.118 e. The third-order valence-electron chi connectivity index (χ3n) is 2.63. The van der Waals surface area contributed by atoms with Crippen LogP contribution in [-0.2, 0) is 4.74 Å². The van der Waals surface area contributed by atoms with Gasteiger partial charge in [-0.25, -0.2) is 5.43 Å². The fourth-order valence-corrected chi connectivity index (χ4v) is 1.78. The molecule has 0 amide bonds. The van der Waals surface area contributed by atoms with E-state index in [4.69, 9.17) is 15.3 Å². The highest BCUT2D eigenvalue weighted by Crippen LogP contribution is 2.26. The lowest BCUT2D eigenvalue weighted by molar-refractivity contribution is 0.215. The molecular formula is C12H16N2O2. The Hall–Kier alpha value is -1.52. The lowest BCUT2D eigenvalue weighted by Crippen LogP contribution is -2.29. The van der Waals surface area contributed by atoms with Crippen molar-refractivity contribution in [1.29, 1.82) is 0 Å². The van der Waals surface area contributed by atoms with Crippen LogP contribution in [0.2, 0.25) is 0 Å². The Labute approximate surface area is 95.0 Å². The van der Waals surface area contributed by atoms with Crippen molar-refractivity contribution in [3.05, 3.63) is 41.7 Å². The molecule has 4 nitrogen and oxygen atoms in total. The summed E-state index contributed by atoms with van der Waals surface area (Å²) in [4.78, 5) is 0. The molecule has 1 unspecified atom stereocenters. The van der Waals surface area contributed by atoms with Crippen molar-refractivity contribution in [3.8, 4) is 5.75 Å². The van der Waals surface area contributed by atoms with E-state index < -0.39 is 0 Å². The molecule has 1 aliphatic heterocycles. The third-order valence-corrected chi connectivity index (χ3v) is 2.63. The van der Waals surface area contributed by atoms with Gasteiger partial charge in [-0.05, 0) is 23.8 Å². The fourth-order valence-electron chi connectivity index (χ4n) is 1.78. The van der Waals surface area contributed by atoms with Gasteiger partial charge in [0.2, 0.25) is 0 Å². The van der Waals surface area contributed by atoms with Crippen LogP contribution in [-0.4, -0.2) is 13.7 Å². The molecule has 0 spiro atoms. The van der Waals surface area contributed by atoms with Crippen molar-refractivity contribution < 1.29 is 9.47 Å². The van der Waals surface area contributed by atoms with Crippen LogP contribution in [0.5, 0.6) is 5.75 Å². The molecule has 0 aliphatic carbocycles. The van der Waals surface area contributed by atoms with Gasteiger partial charge in [-0.2, -0.15) is 0 Å². The van der Waals surface area contributed by atoms with Crippen LogP contribution in [0.1, 0.15) is 18.0 Å². The minimum absolute atomic E-state index is 0.0755. The molecule has 4 heteroatoms. The van der Waals surface area contributed by atoms with Crippen molar-refractivity contribution in [2.45, 2.75) is 12.5 Å². The predicted molar refractivity (Wildman–Crippen MR) is 61.7 cm³/mol. The summed E-state index contributed by atoms with van der Waals surface area (Å²) >= 11 is 0. The van der Waals surface area contributed by atoms with Crippen molar-refractivity contribution >= 4 is 0 Å². The Kier molecular flexibility index (Phi) is 3.44. The van der Waals surface area contributed by atoms with Gasteiger partial charge in [-0.15, -0.1) is 0 Å². The van der Waals surface area contributed by atoms with E-state index in [1.54, 1.807) is 7.11 Å². The Balaban J connectivity index is 2.19. The van der Waals surface area contributed by atoms with Crippen molar-refractivity contribution in [3.63, 3.8) is 0 Å². The Morgan fingerprint density at radius 1 is 1.38 bits per heavy atom. The molecule has 0 bridgehead atoms. The average molecular weight is 220 g/mol. The number of hydrogen-bond acceptors (Lipinski definition) is 4. The summed E-state index contributed by atoms with van der Waals surface area (Å²) in [5.41, 5.74) is 3.83. The summed E-state index contributed by atoms with van der Waals surface area (Å²) in [5.74, 6) is 7.28. The monoisotopic (exact) mass is 220 g/mol. The molecule has 16 heavy (non-hydrogen) atoms. The number of hydrogen-bond donors (Lipinski definition) is 2. The van der Waals surface area contributed by atoms with Crippen molar-refractivity contribution in [2.24, 2.45) is 5.84 Å². The second-order valence-corrected chi connectivity index (χ2v) is 3.62. The number of ether oxygens (including phenoxy) is 2. The van der Waals surface area contributed by atoms with E-state index in [-0.39, 0.29) is 6.04 Å². The van der Waals surface area contributed by atoms with E-state index in [9.17, 15) is 0 Å². The highest BCUT2D eigenvalue weighted by molar-refractivity contribution is 5.32. The fraction of sp³-hybridized carbons (Fsp3) is 0.333. The van der Waals surface area contributed by atoms with Crippen LogP contribution in [0.4, 0.5) is 0 Å². The van der Waals surface area contributed by atoms with E-state index >= 15 is 0 Å². The summed E-state index contributed by atoms with van der Waals surface area (Å²) in [7, 11) is 1.65. The number of hydrazine groups is 1. The quantitative estimate of drug-likeness (QED) is 0.596. The normalized spacial score (nSPS) is 16.5. The van der Waals surface area contributed by atoms with E-state index in [1.165, 1.54) is 0 Å². The zero-order valence-electron chi connectivity index (χ0n) is 9.27. The zero-order valence-corrected chi connectivity index (χ0v) is 9.27. The number of methoxy groups -OCH3 is 1. The van der Waals surface area contributed by atoms with Gasteiger partial charge >= 0.3 is 0 Å². The van der Waals surface area contributed by atoms with Gasteiger partial charge in [0.25, 0.3) is 0 Å². The highest BCUT2D eigenvalue weighted by Gasteiger charge is 2.19. The maximum Gasteiger partial charge on any atom is 0.118 e. The minimum Gasteiger partial charge on any atom is -0.497 e. The first-order chi connectivity index (χ1) is 7.85. The minimum atomic E-state index is -0.0755. The second-order valence-electron chi connectivity index (χ2n) is 3.62. The molecule has 1 aliphatic rings. The first-order valence-corrected chi connectivity index (χ1v) is 5.28. The van der Waals surface area contributed by atoms with Gasteiger partial charge in [0.15, 0.2) is 0 Å². The lowest BCUT2D eigenvalue weighted by atomic mass is 10.1. The van der Waals surface area contributed by atoms with Crippen LogP contribution < -0.4 is 16.0 Å². The number of nitrogens with one attached hydrogen (secondary N) is 1. The van der Waals surface area contributed by atoms with E-state index in [0.29, 0.717) is 0 Å². The largest absolute Gasteiger partial charge is 0.497 e. The van der Waals surface area contributed by atoms with Crippen LogP contribution in [0.15, 0.2) is 36.1 Å². The van der Waals surface area contributed by atoms with Crippen LogP contribution >= 0.6 is 0 Å². The first-order valence-electron chi connectivity index (χ1n) is 5.28. The summed E-state index contributed by atoms with van der Waals surface area (Å²) in [6.07, 6.45) is 3.01. The zero-order chi connectivity index (χ0) is 11.4. The molecule has 0 fully saturated rings. The molecule has 1 atom stereocenters. The molecule has 86 valence electrons. The van der Waals surface area contributed by atoms with E-state index in [2.05, 4.69) is 11.5 Å². The lowest BCUT2D eigenvalue weighted by Gasteiger charge is -2.17. The summed E-state index contributed by atoms with van der Waals surface area (Å²) in [5, 5.41) is 0. The number of benzene rings is 1. The molecule has 0 aromatic heterocycles. The molecule has 3 N–H and O–H groups in total. The standard InChI is InChI=1S/C12H16N2O2/c1-15-10-6-4-9(5-7-10)12(14-13)11-3-2-8-16-11/h3-7,12,14H,2,8,13H2,1H3. The summed E-state index contributed by atoms with van der Waals surface area (Å²) < 4.78 is 10.6. The SMILES string of the molecule is COc1ccc(C(NN)C2=CCCO2)cc1. The molecule has 0 saturated carbocycles. The molecular weight excluding hydrogens is 204 g/mol. The second kappa shape index (κ2) is 5.01. The first kappa shape index (κ1) is 11.0. The van der Waals surface area contributed by atoms with Gasteiger partial charge in [0, 0.05) is 6.42 Å².